The molecule has 1 aliphatic heterocycles. The van der Waals surface area contributed by atoms with E-state index in [4.69, 9.17) is 0 Å². The second-order valence-corrected chi connectivity index (χ2v) is 4.09. The van der Waals surface area contributed by atoms with Gasteiger partial charge in [-0.25, -0.2) is 0 Å². The molecule has 13 heavy (non-hydrogen) atoms. The van der Waals surface area contributed by atoms with E-state index in [1.165, 1.54) is 15.6 Å². The van der Waals surface area contributed by atoms with Crippen molar-refractivity contribution in [2.24, 2.45) is 0 Å². The Balaban J connectivity index is 0.000000845. The molecule has 1 heterocycles. The number of hydrogen-bond donors (Lipinski definition) is 1. The van der Waals surface area contributed by atoms with Crippen molar-refractivity contribution in [3.63, 3.8) is 0 Å². The highest BCUT2D eigenvalue weighted by Crippen LogP contribution is 2.28. The summed E-state index contributed by atoms with van der Waals surface area (Å²) in [4.78, 5) is 0. The van der Waals surface area contributed by atoms with Crippen molar-refractivity contribution in [2.75, 3.05) is 6.54 Å². The maximum Gasteiger partial charge on any atom is 0.0295 e. The van der Waals surface area contributed by atoms with Gasteiger partial charge in [-0.3, -0.25) is 0 Å². The molecule has 1 N–H and O–H groups in total. The zero-order valence-electron chi connectivity index (χ0n) is 7.51. The second kappa shape index (κ2) is 4.45. The van der Waals surface area contributed by atoms with Crippen LogP contribution in [0.1, 0.15) is 24.1 Å². The van der Waals surface area contributed by atoms with Gasteiger partial charge in [-0.05, 0) is 37.1 Å². The smallest absolute Gasteiger partial charge is 0.0295 e. The predicted octanol–water partition coefficient (Wildman–Crippen LogP) is 3.08. The first-order valence-corrected chi connectivity index (χ1v) is 5.09. The molecule has 0 fully saturated rings. The first-order chi connectivity index (χ1) is 5.79. The van der Waals surface area contributed by atoms with E-state index >= 15 is 0 Å². The Morgan fingerprint density at radius 1 is 1.46 bits per heavy atom. The molecule has 0 saturated heterocycles. The fourth-order valence-corrected chi connectivity index (χ4v) is 2.35. The summed E-state index contributed by atoms with van der Waals surface area (Å²) in [5, 5.41) is 3.44. The van der Waals surface area contributed by atoms with Gasteiger partial charge in [0.15, 0.2) is 0 Å². The molecule has 0 aromatic heterocycles. The summed E-state index contributed by atoms with van der Waals surface area (Å²) >= 11 is 3.58. The molecule has 2 rings (SSSR count). The van der Waals surface area contributed by atoms with Crippen LogP contribution in [0, 0.1) is 0 Å². The molecule has 3 heteroatoms. The first-order valence-electron chi connectivity index (χ1n) is 4.29. The number of halogens is 2. The summed E-state index contributed by atoms with van der Waals surface area (Å²) in [6.07, 6.45) is 1.14. The van der Waals surface area contributed by atoms with E-state index in [9.17, 15) is 0 Å². The molecule has 0 spiro atoms. The van der Waals surface area contributed by atoms with E-state index in [0.29, 0.717) is 6.04 Å². The van der Waals surface area contributed by atoms with Crippen molar-refractivity contribution in [1.29, 1.82) is 0 Å². The maximum absolute atomic E-state index is 3.58. The van der Waals surface area contributed by atoms with Crippen LogP contribution in [0.5, 0.6) is 0 Å². The van der Waals surface area contributed by atoms with Crippen molar-refractivity contribution in [2.45, 2.75) is 19.4 Å². The minimum absolute atomic E-state index is 0. The SMILES string of the molecule is CC1NCCc2c(Br)cccc21.Cl. The highest BCUT2D eigenvalue weighted by atomic mass is 79.9. The third-order valence-electron chi connectivity index (χ3n) is 2.45. The van der Waals surface area contributed by atoms with Gasteiger partial charge in [0.05, 0.1) is 0 Å². The lowest BCUT2D eigenvalue weighted by atomic mass is 9.96. The molecule has 1 nitrogen and oxygen atoms in total. The zero-order valence-corrected chi connectivity index (χ0v) is 9.91. The number of fused-ring (bicyclic) bond motifs is 1. The molecule has 1 aromatic rings. The summed E-state index contributed by atoms with van der Waals surface area (Å²) in [6, 6.07) is 6.94. The Morgan fingerprint density at radius 3 is 2.92 bits per heavy atom. The van der Waals surface area contributed by atoms with Gasteiger partial charge in [-0.1, -0.05) is 28.1 Å². The Morgan fingerprint density at radius 2 is 2.23 bits per heavy atom. The van der Waals surface area contributed by atoms with Gasteiger partial charge >= 0.3 is 0 Å². The van der Waals surface area contributed by atoms with Crippen LogP contribution >= 0.6 is 28.3 Å². The fourth-order valence-electron chi connectivity index (χ4n) is 1.77. The van der Waals surface area contributed by atoms with Crippen molar-refractivity contribution >= 4 is 28.3 Å². The number of nitrogens with one attached hydrogen (secondary N) is 1. The van der Waals surface area contributed by atoms with E-state index < -0.39 is 0 Å². The van der Waals surface area contributed by atoms with Crippen LogP contribution in [0.25, 0.3) is 0 Å². The molecule has 0 radical (unpaired) electrons. The van der Waals surface area contributed by atoms with Crippen LogP contribution in [0.2, 0.25) is 0 Å². The molecule has 0 bridgehead atoms. The monoisotopic (exact) mass is 261 g/mol. The lowest BCUT2D eigenvalue weighted by Crippen LogP contribution is -2.27. The lowest BCUT2D eigenvalue weighted by molar-refractivity contribution is 0.540. The molecule has 72 valence electrons. The number of benzene rings is 1. The normalized spacial score (nSPS) is 20.3. The van der Waals surface area contributed by atoms with E-state index in [0.717, 1.165) is 13.0 Å². The van der Waals surface area contributed by atoms with Crippen LogP contribution in [-0.2, 0) is 6.42 Å². The van der Waals surface area contributed by atoms with Crippen LogP contribution in [0.4, 0.5) is 0 Å². The third-order valence-corrected chi connectivity index (χ3v) is 3.19. The van der Waals surface area contributed by atoms with Gasteiger partial charge in [0.25, 0.3) is 0 Å². The van der Waals surface area contributed by atoms with Gasteiger partial charge in [-0.15, -0.1) is 12.4 Å². The summed E-state index contributed by atoms with van der Waals surface area (Å²) in [7, 11) is 0. The number of rotatable bonds is 0. The van der Waals surface area contributed by atoms with Gasteiger partial charge in [0, 0.05) is 10.5 Å². The topological polar surface area (TPSA) is 12.0 Å². The fraction of sp³-hybridized carbons (Fsp3) is 0.400. The summed E-state index contributed by atoms with van der Waals surface area (Å²) in [5.74, 6) is 0. The van der Waals surface area contributed by atoms with Crippen LogP contribution in [0.3, 0.4) is 0 Å². The van der Waals surface area contributed by atoms with Gasteiger partial charge in [0.1, 0.15) is 0 Å². The Hall–Kier alpha value is -0.0500. The highest BCUT2D eigenvalue weighted by Gasteiger charge is 2.16. The summed E-state index contributed by atoms with van der Waals surface area (Å²) in [5.41, 5.74) is 2.92. The van der Waals surface area contributed by atoms with Gasteiger partial charge in [-0.2, -0.15) is 0 Å². The molecule has 1 aromatic carbocycles. The van der Waals surface area contributed by atoms with Gasteiger partial charge in [0.2, 0.25) is 0 Å². The van der Waals surface area contributed by atoms with E-state index in [-0.39, 0.29) is 12.4 Å². The summed E-state index contributed by atoms with van der Waals surface area (Å²) < 4.78 is 1.26. The molecule has 1 atom stereocenters. The minimum Gasteiger partial charge on any atom is -0.310 e. The van der Waals surface area contributed by atoms with Crippen molar-refractivity contribution in [3.8, 4) is 0 Å². The van der Waals surface area contributed by atoms with Crippen molar-refractivity contribution in [3.05, 3.63) is 33.8 Å². The minimum atomic E-state index is 0. The van der Waals surface area contributed by atoms with Crippen LogP contribution in [-0.4, -0.2) is 6.54 Å². The van der Waals surface area contributed by atoms with Gasteiger partial charge < -0.3 is 5.32 Å². The molecule has 0 aliphatic carbocycles. The third kappa shape index (κ3) is 2.06. The van der Waals surface area contributed by atoms with Crippen LogP contribution in [0.15, 0.2) is 22.7 Å². The average molecular weight is 263 g/mol. The largest absolute Gasteiger partial charge is 0.310 e. The predicted molar refractivity (Wildman–Crippen MR) is 61.5 cm³/mol. The lowest BCUT2D eigenvalue weighted by Gasteiger charge is -2.24. The van der Waals surface area contributed by atoms with E-state index in [2.05, 4.69) is 46.4 Å². The number of hydrogen-bond acceptors (Lipinski definition) is 1. The molecule has 1 unspecified atom stereocenters. The molecule has 1 aliphatic rings. The molecular formula is C10H13BrClN. The quantitative estimate of drug-likeness (QED) is 0.758. The molecule has 0 saturated carbocycles. The molecular weight excluding hydrogens is 249 g/mol. The maximum atomic E-state index is 3.58. The zero-order chi connectivity index (χ0) is 8.55. The van der Waals surface area contributed by atoms with E-state index in [1.54, 1.807) is 0 Å². The Bertz CT molecular complexity index is 301. The Kier molecular flexibility index (Phi) is 3.77. The average Bonchev–Trinajstić information content (AvgIpc) is 2.07. The van der Waals surface area contributed by atoms with Crippen molar-refractivity contribution in [1.82, 2.24) is 5.32 Å². The highest BCUT2D eigenvalue weighted by molar-refractivity contribution is 9.10. The summed E-state index contributed by atoms with van der Waals surface area (Å²) in [6.45, 7) is 3.31. The van der Waals surface area contributed by atoms with Crippen LogP contribution < -0.4 is 5.32 Å². The Labute approximate surface area is 93.5 Å². The van der Waals surface area contributed by atoms with E-state index in [1.807, 2.05) is 0 Å². The second-order valence-electron chi connectivity index (χ2n) is 3.23. The van der Waals surface area contributed by atoms with Crippen molar-refractivity contribution < 1.29 is 0 Å². The molecule has 0 amide bonds. The standard InChI is InChI=1S/C10H12BrN.ClH/c1-7-8-3-2-4-10(11)9(8)5-6-12-7;/h2-4,7,12H,5-6H2,1H3;1H. The first kappa shape index (κ1) is 11.0.